The standard InChI is InChI=1S/C16H18FNO4S/c1-22-16-8-7-13(11-14(16)17)23(20,21)18-10-9-15(19)12-5-3-2-4-6-12/h2-8,11,15,18-19H,9-10H2,1H3/t15-/m0/s1. The van der Waals surface area contributed by atoms with Gasteiger partial charge >= 0.3 is 0 Å². The first-order valence-electron chi connectivity index (χ1n) is 7.00. The van der Waals surface area contributed by atoms with Gasteiger partial charge in [0.05, 0.1) is 18.1 Å². The van der Waals surface area contributed by atoms with Gasteiger partial charge in [-0.05, 0) is 30.2 Å². The van der Waals surface area contributed by atoms with E-state index in [2.05, 4.69) is 4.72 Å². The molecular formula is C16H18FNO4S. The van der Waals surface area contributed by atoms with Crippen molar-refractivity contribution in [1.29, 1.82) is 0 Å². The number of methoxy groups -OCH3 is 1. The third-order valence-electron chi connectivity index (χ3n) is 3.33. The Morgan fingerprint density at radius 1 is 1.22 bits per heavy atom. The van der Waals surface area contributed by atoms with E-state index in [-0.39, 0.29) is 23.6 Å². The van der Waals surface area contributed by atoms with Crippen molar-refractivity contribution in [2.45, 2.75) is 17.4 Å². The van der Waals surface area contributed by atoms with Crippen molar-refractivity contribution < 1.29 is 22.7 Å². The molecule has 0 radical (unpaired) electrons. The molecule has 5 nitrogen and oxygen atoms in total. The predicted molar refractivity (Wildman–Crippen MR) is 84.2 cm³/mol. The van der Waals surface area contributed by atoms with Gasteiger partial charge in [-0.15, -0.1) is 0 Å². The molecule has 0 unspecified atom stereocenters. The van der Waals surface area contributed by atoms with Crippen LogP contribution in [-0.2, 0) is 10.0 Å². The fourth-order valence-electron chi connectivity index (χ4n) is 2.07. The van der Waals surface area contributed by atoms with Crippen molar-refractivity contribution in [3.63, 3.8) is 0 Å². The Bertz CT molecular complexity index is 750. The van der Waals surface area contributed by atoms with Gasteiger partial charge in [0.2, 0.25) is 10.0 Å². The maximum absolute atomic E-state index is 13.6. The summed E-state index contributed by atoms with van der Waals surface area (Å²) in [7, 11) is -2.54. The van der Waals surface area contributed by atoms with Crippen LogP contribution in [0.2, 0.25) is 0 Å². The highest BCUT2D eigenvalue weighted by molar-refractivity contribution is 7.89. The Balaban J connectivity index is 1.98. The predicted octanol–water partition coefficient (Wildman–Crippen LogP) is 2.24. The average Bonchev–Trinajstić information content (AvgIpc) is 2.55. The third kappa shape index (κ3) is 4.51. The summed E-state index contributed by atoms with van der Waals surface area (Å²) in [5, 5.41) is 9.99. The number of sulfonamides is 1. The van der Waals surface area contributed by atoms with E-state index in [0.29, 0.717) is 5.56 Å². The van der Waals surface area contributed by atoms with Gasteiger partial charge in [0.25, 0.3) is 0 Å². The number of rotatable bonds is 7. The van der Waals surface area contributed by atoms with Crippen LogP contribution in [0.3, 0.4) is 0 Å². The Morgan fingerprint density at radius 3 is 2.52 bits per heavy atom. The Labute approximate surface area is 134 Å². The van der Waals surface area contributed by atoms with Crippen molar-refractivity contribution in [1.82, 2.24) is 4.72 Å². The number of nitrogens with one attached hydrogen (secondary N) is 1. The highest BCUT2D eigenvalue weighted by Gasteiger charge is 2.17. The Morgan fingerprint density at radius 2 is 1.91 bits per heavy atom. The van der Waals surface area contributed by atoms with E-state index in [4.69, 9.17) is 4.74 Å². The van der Waals surface area contributed by atoms with Crippen molar-refractivity contribution >= 4 is 10.0 Å². The maximum Gasteiger partial charge on any atom is 0.240 e. The summed E-state index contributed by atoms with van der Waals surface area (Å²) in [4.78, 5) is -0.190. The van der Waals surface area contributed by atoms with Gasteiger partial charge in [-0.2, -0.15) is 0 Å². The van der Waals surface area contributed by atoms with Gasteiger partial charge in [0.1, 0.15) is 0 Å². The lowest BCUT2D eigenvalue weighted by Gasteiger charge is -2.12. The van der Waals surface area contributed by atoms with Crippen molar-refractivity contribution in [3.05, 3.63) is 59.9 Å². The smallest absolute Gasteiger partial charge is 0.240 e. The zero-order valence-corrected chi connectivity index (χ0v) is 13.4. The van der Waals surface area contributed by atoms with Crippen LogP contribution >= 0.6 is 0 Å². The van der Waals surface area contributed by atoms with Gasteiger partial charge in [0, 0.05) is 6.54 Å². The molecule has 0 amide bonds. The van der Waals surface area contributed by atoms with E-state index in [0.717, 1.165) is 6.07 Å². The number of hydrogen-bond donors (Lipinski definition) is 2. The van der Waals surface area contributed by atoms with Crippen LogP contribution < -0.4 is 9.46 Å². The molecule has 23 heavy (non-hydrogen) atoms. The molecule has 2 aromatic rings. The fraction of sp³-hybridized carbons (Fsp3) is 0.250. The van der Waals surface area contributed by atoms with E-state index in [9.17, 15) is 17.9 Å². The van der Waals surface area contributed by atoms with E-state index in [1.807, 2.05) is 6.07 Å². The molecule has 0 fully saturated rings. The second kappa shape index (κ2) is 7.54. The van der Waals surface area contributed by atoms with Crippen LogP contribution in [0.5, 0.6) is 5.75 Å². The normalized spacial score (nSPS) is 12.8. The quantitative estimate of drug-likeness (QED) is 0.811. The van der Waals surface area contributed by atoms with Crippen molar-refractivity contribution in [2.24, 2.45) is 0 Å². The minimum atomic E-state index is -3.84. The van der Waals surface area contributed by atoms with Gasteiger partial charge in [0.15, 0.2) is 11.6 Å². The number of halogens is 1. The lowest BCUT2D eigenvalue weighted by molar-refractivity contribution is 0.169. The molecule has 2 N–H and O–H groups in total. The molecule has 2 aromatic carbocycles. The molecule has 0 heterocycles. The molecule has 0 aliphatic heterocycles. The largest absolute Gasteiger partial charge is 0.494 e. The van der Waals surface area contributed by atoms with E-state index < -0.39 is 21.9 Å². The zero-order valence-electron chi connectivity index (χ0n) is 12.6. The van der Waals surface area contributed by atoms with E-state index in [1.54, 1.807) is 24.3 Å². The summed E-state index contributed by atoms with van der Waals surface area (Å²) in [5.41, 5.74) is 0.710. The molecule has 0 aromatic heterocycles. The fourth-order valence-corrected chi connectivity index (χ4v) is 3.13. The maximum atomic E-state index is 13.6. The van der Waals surface area contributed by atoms with Crippen LogP contribution in [0.4, 0.5) is 4.39 Å². The number of hydrogen-bond acceptors (Lipinski definition) is 4. The summed E-state index contributed by atoms with van der Waals surface area (Å²) < 4.78 is 44.9. The average molecular weight is 339 g/mol. The first-order chi connectivity index (χ1) is 10.9. The molecule has 2 rings (SSSR count). The molecule has 1 atom stereocenters. The van der Waals surface area contributed by atoms with Gasteiger partial charge < -0.3 is 9.84 Å². The molecule has 0 saturated carbocycles. The number of aliphatic hydroxyl groups excluding tert-OH is 1. The minimum absolute atomic E-state index is 0.0246. The first kappa shape index (κ1) is 17.4. The highest BCUT2D eigenvalue weighted by atomic mass is 32.2. The van der Waals surface area contributed by atoms with Gasteiger partial charge in [-0.1, -0.05) is 30.3 Å². The van der Waals surface area contributed by atoms with E-state index >= 15 is 0 Å². The summed E-state index contributed by atoms with van der Waals surface area (Å²) >= 11 is 0. The van der Waals surface area contributed by atoms with Crippen LogP contribution in [0.15, 0.2) is 53.4 Å². The minimum Gasteiger partial charge on any atom is -0.494 e. The summed E-state index contributed by atoms with van der Waals surface area (Å²) in [6.45, 7) is 0.0338. The molecule has 0 bridgehead atoms. The lowest BCUT2D eigenvalue weighted by atomic mass is 10.1. The second-order valence-corrected chi connectivity index (χ2v) is 6.68. The summed E-state index contributed by atoms with van der Waals surface area (Å²) in [6.07, 6.45) is -0.562. The van der Waals surface area contributed by atoms with Crippen molar-refractivity contribution in [2.75, 3.05) is 13.7 Å². The molecule has 124 valence electrons. The lowest BCUT2D eigenvalue weighted by Crippen LogP contribution is -2.26. The SMILES string of the molecule is COc1ccc(S(=O)(=O)NCC[C@H](O)c2ccccc2)cc1F. The molecular weight excluding hydrogens is 321 g/mol. The van der Waals surface area contributed by atoms with Crippen LogP contribution in [0.25, 0.3) is 0 Å². The second-order valence-electron chi connectivity index (χ2n) is 4.91. The van der Waals surface area contributed by atoms with Crippen LogP contribution in [0, 0.1) is 5.82 Å². The van der Waals surface area contributed by atoms with Crippen molar-refractivity contribution in [3.8, 4) is 5.75 Å². The third-order valence-corrected chi connectivity index (χ3v) is 4.79. The zero-order chi connectivity index (χ0) is 16.9. The summed E-state index contributed by atoms with van der Waals surface area (Å²) in [5.74, 6) is -0.775. The number of aliphatic hydroxyl groups is 1. The molecule has 7 heteroatoms. The highest BCUT2D eigenvalue weighted by Crippen LogP contribution is 2.21. The monoisotopic (exact) mass is 339 g/mol. The Hall–Kier alpha value is -1.96. The molecule has 0 spiro atoms. The Kier molecular flexibility index (Phi) is 5.70. The van der Waals surface area contributed by atoms with Crippen LogP contribution in [-0.4, -0.2) is 27.2 Å². The summed E-state index contributed by atoms with van der Waals surface area (Å²) in [6, 6.07) is 12.4. The molecule has 0 saturated heterocycles. The van der Waals surface area contributed by atoms with Gasteiger partial charge in [-0.25, -0.2) is 17.5 Å². The molecule has 0 aliphatic carbocycles. The topological polar surface area (TPSA) is 75.6 Å². The van der Waals surface area contributed by atoms with Gasteiger partial charge in [-0.3, -0.25) is 0 Å². The number of ether oxygens (including phenoxy) is 1. The molecule has 0 aliphatic rings. The first-order valence-corrected chi connectivity index (χ1v) is 8.48. The number of benzene rings is 2. The van der Waals surface area contributed by atoms with Crippen LogP contribution in [0.1, 0.15) is 18.1 Å². The van der Waals surface area contributed by atoms with E-state index in [1.165, 1.54) is 19.2 Å².